The average Bonchev–Trinajstić information content (AvgIpc) is 0.871. The van der Waals surface area contributed by atoms with Crippen LogP contribution in [0.1, 0.15) is 55.6 Å². The molecule has 540 valence electrons. The van der Waals surface area contributed by atoms with Gasteiger partial charge < -0.3 is 0 Å². The molecule has 0 saturated carbocycles. The van der Waals surface area contributed by atoms with Crippen molar-refractivity contribution in [2.24, 2.45) is 0 Å². The van der Waals surface area contributed by atoms with E-state index in [1.807, 2.05) is 0 Å². The van der Waals surface area contributed by atoms with Gasteiger partial charge in [0.2, 0.25) is 0 Å². The van der Waals surface area contributed by atoms with Gasteiger partial charge in [-0.3, -0.25) is 0 Å². The van der Waals surface area contributed by atoms with Crippen LogP contribution in [-0.2, 0) is 0 Å². The first kappa shape index (κ1) is 72.9. The van der Waals surface area contributed by atoms with E-state index in [1.54, 1.807) is 0 Å². The zero-order valence-corrected chi connectivity index (χ0v) is 65.8. The van der Waals surface area contributed by atoms with Crippen molar-refractivity contribution >= 4 is 162 Å². The lowest BCUT2D eigenvalue weighted by Gasteiger charge is -2.12. The summed E-state index contributed by atoms with van der Waals surface area (Å²) in [7, 11) is 0. The molecular weight excluding hydrogens is 1350 g/mol. The fourth-order valence-electron chi connectivity index (χ4n) is 16.5. The molecule has 0 N–H and O–H groups in total. The van der Waals surface area contributed by atoms with Gasteiger partial charge >= 0.3 is 0 Å². The smallest absolute Gasteiger partial charge is 0.00241 e. The molecule has 0 aromatic heterocycles. The first-order chi connectivity index (χ1) is 54.7. The van der Waals surface area contributed by atoms with E-state index in [1.165, 1.54) is 217 Å². The first-order valence-corrected chi connectivity index (χ1v) is 39.3. The zero-order valence-electron chi connectivity index (χ0n) is 65.8. The highest BCUT2D eigenvalue weighted by molar-refractivity contribution is 6.26. The Balaban J connectivity index is 0.0000000980. The van der Waals surface area contributed by atoms with Gasteiger partial charge in [-0.25, -0.2) is 0 Å². The molecule has 23 rings (SSSR count). The highest BCUT2D eigenvalue weighted by atomic mass is 14.2. The van der Waals surface area contributed by atoms with Crippen LogP contribution in [0.15, 0.2) is 376 Å². The van der Waals surface area contributed by atoms with Crippen molar-refractivity contribution in [1.82, 2.24) is 0 Å². The third-order valence-corrected chi connectivity index (χ3v) is 22.5. The van der Waals surface area contributed by atoms with Crippen molar-refractivity contribution in [2.75, 3.05) is 0 Å². The minimum Gasteiger partial charge on any atom is -0.0620 e. The van der Waals surface area contributed by atoms with Gasteiger partial charge in [-0.05, 0) is 264 Å². The Morgan fingerprint density at radius 2 is 0.366 bits per heavy atom. The number of hydrogen-bond donors (Lipinski definition) is 0. The summed E-state index contributed by atoms with van der Waals surface area (Å²) in [6, 6.07) is 135. The molecule has 0 saturated heterocycles. The van der Waals surface area contributed by atoms with Crippen molar-refractivity contribution < 1.29 is 0 Å². The molecule has 0 heterocycles. The van der Waals surface area contributed by atoms with Crippen molar-refractivity contribution in [3.05, 3.63) is 432 Å². The second-order valence-corrected chi connectivity index (χ2v) is 30.5. The molecule has 23 aromatic carbocycles. The molecule has 0 fully saturated rings. The molecule has 112 heavy (non-hydrogen) atoms. The van der Waals surface area contributed by atoms with Gasteiger partial charge in [-0.15, -0.1) is 0 Å². The molecule has 0 amide bonds. The average molecular weight is 1440 g/mol. The van der Waals surface area contributed by atoms with Crippen LogP contribution in [0.5, 0.6) is 0 Å². The molecule has 0 heteroatoms. The molecule has 0 bridgehead atoms. The predicted molar refractivity (Wildman–Crippen MR) is 495 cm³/mol. The third-order valence-electron chi connectivity index (χ3n) is 22.5. The summed E-state index contributed by atoms with van der Waals surface area (Å²) in [5.41, 5.74) is 13.4. The molecule has 0 spiro atoms. The summed E-state index contributed by atoms with van der Waals surface area (Å²) in [4.78, 5) is 0. The molecule has 0 aliphatic rings. The highest BCUT2D eigenvalue weighted by Crippen LogP contribution is 2.40. The van der Waals surface area contributed by atoms with E-state index in [4.69, 9.17) is 0 Å². The number of aryl methyl sites for hydroxylation is 10. The zero-order chi connectivity index (χ0) is 76.9. The summed E-state index contributed by atoms with van der Waals surface area (Å²) in [5.74, 6) is 0. The Hall–Kier alpha value is -13.3. The minimum atomic E-state index is 1.31. The van der Waals surface area contributed by atoms with Gasteiger partial charge in [0.1, 0.15) is 0 Å². The van der Waals surface area contributed by atoms with Gasteiger partial charge in [-0.2, -0.15) is 0 Å². The molecule has 0 atom stereocenters. The number of rotatable bonds is 0. The minimum absolute atomic E-state index is 1.31. The van der Waals surface area contributed by atoms with Gasteiger partial charge in [-0.1, -0.05) is 398 Å². The lowest BCUT2D eigenvalue weighted by atomic mass is 9.92. The molecule has 0 radical (unpaired) electrons. The predicted octanol–water partition coefficient (Wildman–Crippen LogP) is 32.2. The van der Waals surface area contributed by atoms with E-state index in [-0.39, 0.29) is 0 Å². The Morgan fingerprint density at radius 1 is 0.107 bits per heavy atom. The largest absolute Gasteiger partial charge is 0.0620 e. The summed E-state index contributed by atoms with van der Waals surface area (Å²) in [6.45, 7) is 21.4. The fourth-order valence-corrected chi connectivity index (χ4v) is 16.5. The van der Waals surface area contributed by atoms with E-state index < -0.39 is 0 Å². The standard InChI is InChI=1S/3C17H12.3C15H12.2C8H10/c1-11-10-14-6-2-4-12-8-9-13-5-3-7-15(11)17(13)16(12)14;1-11-9-14-7-5-12-3-2-4-13-6-8-15(10-11)17(14)16(12)13;1-11-5-6-14-8-7-12-3-2-4-13-9-10-15(11)17(14)16(12)13;1-11-10-12-6-2-3-8-14(12)15-9-5-4-7-13(11)15;1-11-6-9-15-13(10-11)8-7-12-4-2-3-5-14(12)15;1-11-6-7-13-9-8-12-4-2-3-5-14(12)15(13)10-11;1-7-3-5-8(2)6-4-7;1-7-5-3-4-6-8(7)2/h3*2-10H,1H3;3*2-10H,1H3;2*3-6H,1-2H3. The Morgan fingerprint density at radius 3 is 0.920 bits per heavy atom. The van der Waals surface area contributed by atoms with Crippen LogP contribution in [0.4, 0.5) is 0 Å². The lowest BCUT2D eigenvalue weighted by molar-refractivity contribution is 1.34. The van der Waals surface area contributed by atoms with Crippen LogP contribution in [0.2, 0.25) is 0 Å². The molecule has 23 aromatic rings. The SMILES string of the molecule is Cc1cc2ccc3cccc4ccc(c1)c2c34.Cc1cc2cccc3ccc4cccc1c4c32.Cc1cc2ccccc2c2ccccc12.Cc1ccc(C)cc1.Cc1ccc2c(ccc3ccccc32)c1.Cc1ccc2ccc3cccc4ccc1c2c34.Cc1ccc2ccc3ccccc3c2c1.Cc1ccccc1C. The number of benzene rings is 23. The summed E-state index contributed by atoms with van der Waals surface area (Å²) in [5, 5.41) is 40.7. The van der Waals surface area contributed by atoms with E-state index in [0.717, 1.165) is 0 Å². The molecule has 0 aliphatic heterocycles. The third kappa shape index (κ3) is 15.2. The van der Waals surface area contributed by atoms with Gasteiger partial charge in [0.15, 0.2) is 0 Å². The van der Waals surface area contributed by atoms with Gasteiger partial charge in [0.25, 0.3) is 0 Å². The van der Waals surface area contributed by atoms with E-state index >= 15 is 0 Å². The normalized spacial score (nSPS) is 11.1. The van der Waals surface area contributed by atoms with Crippen LogP contribution < -0.4 is 0 Å². The number of hydrogen-bond acceptors (Lipinski definition) is 0. The first-order valence-electron chi connectivity index (χ1n) is 39.3. The second-order valence-electron chi connectivity index (χ2n) is 30.5. The van der Waals surface area contributed by atoms with E-state index in [0.29, 0.717) is 0 Å². The van der Waals surface area contributed by atoms with Gasteiger partial charge in [0.05, 0.1) is 0 Å². The maximum atomic E-state index is 2.30. The van der Waals surface area contributed by atoms with E-state index in [9.17, 15) is 0 Å². The Kier molecular flexibility index (Phi) is 20.9. The molecule has 0 nitrogen and oxygen atoms in total. The molecule has 0 unspecified atom stereocenters. The topological polar surface area (TPSA) is 0 Å². The van der Waals surface area contributed by atoms with Crippen LogP contribution in [0, 0.1) is 69.2 Å². The quantitative estimate of drug-likeness (QED) is 0.133. The summed E-state index contributed by atoms with van der Waals surface area (Å²) >= 11 is 0. The molecule has 0 aliphatic carbocycles. The Bertz CT molecular complexity index is 7110. The van der Waals surface area contributed by atoms with Crippen LogP contribution >= 0.6 is 0 Å². The maximum absolute atomic E-state index is 2.30. The maximum Gasteiger partial charge on any atom is -0.00241 e. The van der Waals surface area contributed by atoms with Crippen LogP contribution in [0.3, 0.4) is 0 Å². The van der Waals surface area contributed by atoms with Crippen molar-refractivity contribution in [1.29, 1.82) is 0 Å². The van der Waals surface area contributed by atoms with Crippen molar-refractivity contribution in [3.8, 4) is 0 Å². The monoisotopic (exact) mass is 1440 g/mol. The van der Waals surface area contributed by atoms with Gasteiger partial charge in [0, 0.05) is 0 Å². The summed E-state index contributed by atoms with van der Waals surface area (Å²) in [6.07, 6.45) is 0. The highest BCUT2D eigenvalue weighted by Gasteiger charge is 2.13. The van der Waals surface area contributed by atoms with Crippen LogP contribution in [0.25, 0.3) is 162 Å². The summed E-state index contributed by atoms with van der Waals surface area (Å²) < 4.78 is 0. The van der Waals surface area contributed by atoms with Crippen molar-refractivity contribution in [3.63, 3.8) is 0 Å². The number of fused-ring (bicyclic) bond motifs is 9. The second kappa shape index (κ2) is 32.1. The fraction of sp³-hybridized carbons (Fsp3) is 0.0893. The Labute approximate surface area is 658 Å². The molecular formula is C112H92. The lowest BCUT2D eigenvalue weighted by Crippen LogP contribution is -1.85. The van der Waals surface area contributed by atoms with E-state index in [2.05, 4.69) is 445 Å². The van der Waals surface area contributed by atoms with Crippen LogP contribution in [-0.4, -0.2) is 0 Å². The van der Waals surface area contributed by atoms with Crippen molar-refractivity contribution in [2.45, 2.75) is 69.2 Å².